The summed E-state index contributed by atoms with van der Waals surface area (Å²) in [7, 11) is 0. The van der Waals surface area contributed by atoms with E-state index in [1.807, 2.05) is 17.2 Å². The Balaban J connectivity index is 1.64. The van der Waals surface area contributed by atoms with Crippen LogP contribution in [0.4, 0.5) is 0 Å². The molecule has 6 nitrogen and oxygen atoms in total. The zero-order valence-electron chi connectivity index (χ0n) is 12.2. The second kappa shape index (κ2) is 5.93. The molecule has 1 saturated heterocycles. The number of amides is 1. The van der Waals surface area contributed by atoms with Crippen molar-refractivity contribution in [1.82, 2.24) is 20.0 Å². The van der Waals surface area contributed by atoms with E-state index in [4.69, 9.17) is 4.52 Å². The first-order valence-electron chi connectivity index (χ1n) is 7.11. The molecule has 7 heteroatoms. The standard InChI is InChI=1S/C14H18N4O2S/c1-9-15-14(17-20-9)11-4-3-5-18(7-11)13(19)6-12-8-21-10(2)16-12/h8,11H,3-7H2,1-2H3. The van der Waals surface area contributed by atoms with Crippen molar-refractivity contribution in [3.63, 3.8) is 0 Å². The second-order valence-electron chi connectivity index (χ2n) is 5.39. The summed E-state index contributed by atoms with van der Waals surface area (Å²) in [5.41, 5.74) is 0.861. The lowest BCUT2D eigenvalue weighted by Gasteiger charge is -2.31. The molecule has 1 fully saturated rings. The largest absolute Gasteiger partial charge is 0.342 e. The van der Waals surface area contributed by atoms with Crippen LogP contribution < -0.4 is 0 Å². The van der Waals surface area contributed by atoms with Gasteiger partial charge in [0.2, 0.25) is 11.8 Å². The van der Waals surface area contributed by atoms with Gasteiger partial charge in [-0.2, -0.15) is 4.98 Å². The minimum atomic E-state index is 0.130. The van der Waals surface area contributed by atoms with Gasteiger partial charge >= 0.3 is 0 Å². The van der Waals surface area contributed by atoms with E-state index in [0.29, 0.717) is 18.9 Å². The predicted molar refractivity (Wildman–Crippen MR) is 78.1 cm³/mol. The molecular weight excluding hydrogens is 288 g/mol. The van der Waals surface area contributed by atoms with Gasteiger partial charge in [-0.1, -0.05) is 5.16 Å². The van der Waals surface area contributed by atoms with Crippen LogP contribution in [-0.2, 0) is 11.2 Å². The van der Waals surface area contributed by atoms with Gasteiger partial charge in [0.25, 0.3) is 0 Å². The molecule has 0 aromatic carbocycles. The summed E-state index contributed by atoms with van der Waals surface area (Å²) in [6.07, 6.45) is 2.35. The van der Waals surface area contributed by atoms with Gasteiger partial charge in [0.15, 0.2) is 5.82 Å². The van der Waals surface area contributed by atoms with Gasteiger partial charge in [-0.25, -0.2) is 4.98 Å². The summed E-state index contributed by atoms with van der Waals surface area (Å²) in [6.45, 7) is 5.21. The Labute approximate surface area is 127 Å². The van der Waals surface area contributed by atoms with Gasteiger partial charge in [-0.3, -0.25) is 4.79 Å². The van der Waals surface area contributed by atoms with Crippen molar-refractivity contribution in [2.75, 3.05) is 13.1 Å². The van der Waals surface area contributed by atoms with Crippen LogP contribution in [0.3, 0.4) is 0 Å². The molecule has 1 amide bonds. The molecule has 2 aromatic rings. The number of rotatable bonds is 3. The third-order valence-electron chi connectivity index (χ3n) is 3.68. The fourth-order valence-electron chi connectivity index (χ4n) is 2.65. The quantitative estimate of drug-likeness (QED) is 0.868. The number of likely N-dealkylation sites (tertiary alicyclic amines) is 1. The summed E-state index contributed by atoms with van der Waals surface area (Å²) in [5, 5.41) is 6.94. The molecular formula is C14H18N4O2S. The monoisotopic (exact) mass is 306 g/mol. The number of aromatic nitrogens is 3. The Morgan fingerprint density at radius 3 is 3.00 bits per heavy atom. The molecule has 0 aliphatic carbocycles. The van der Waals surface area contributed by atoms with E-state index in [9.17, 15) is 4.79 Å². The van der Waals surface area contributed by atoms with Crippen LogP contribution in [0.2, 0.25) is 0 Å². The molecule has 0 spiro atoms. The SMILES string of the molecule is Cc1nc(C2CCCN(C(=O)Cc3csc(C)n3)C2)no1. The van der Waals surface area contributed by atoms with E-state index in [-0.39, 0.29) is 11.8 Å². The molecule has 3 rings (SSSR count). The van der Waals surface area contributed by atoms with Crippen LogP contribution in [0, 0.1) is 13.8 Å². The van der Waals surface area contributed by atoms with Gasteiger partial charge in [0, 0.05) is 31.3 Å². The number of piperidine rings is 1. The van der Waals surface area contributed by atoms with Gasteiger partial charge < -0.3 is 9.42 Å². The molecule has 1 unspecified atom stereocenters. The predicted octanol–water partition coefficient (Wildman–Crippen LogP) is 2.09. The number of hydrogen-bond donors (Lipinski definition) is 0. The number of hydrogen-bond acceptors (Lipinski definition) is 6. The van der Waals surface area contributed by atoms with Crippen LogP contribution in [0.1, 0.15) is 41.2 Å². The Hall–Kier alpha value is -1.76. The third kappa shape index (κ3) is 3.29. The van der Waals surface area contributed by atoms with Crippen LogP contribution in [-0.4, -0.2) is 39.0 Å². The fraction of sp³-hybridized carbons (Fsp3) is 0.571. The Morgan fingerprint density at radius 2 is 2.33 bits per heavy atom. The van der Waals surface area contributed by atoms with Gasteiger partial charge in [0.1, 0.15) is 0 Å². The number of carbonyl (C=O) groups is 1. The molecule has 0 N–H and O–H groups in total. The van der Waals surface area contributed by atoms with Crippen molar-refractivity contribution in [2.45, 2.75) is 39.0 Å². The molecule has 1 atom stereocenters. The van der Waals surface area contributed by atoms with E-state index in [1.165, 1.54) is 0 Å². The molecule has 0 radical (unpaired) electrons. The average Bonchev–Trinajstić information content (AvgIpc) is 3.08. The van der Waals surface area contributed by atoms with E-state index in [2.05, 4.69) is 15.1 Å². The third-order valence-corrected chi connectivity index (χ3v) is 4.50. The minimum absolute atomic E-state index is 0.130. The molecule has 2 aromatic heterocycles. The van der Waals surface area contributed by atoms with Crippen LogP contribution in [0.25, 0.3) is 0 Å². The molecule has 112 valence electrons. The van der Waals surface area contributed by atoms with E-state index in [1.54, 1.807) is 18.3 Å². The van der Waals surface area contributed by atoms with Gasteiger partial charge in [-0.05, 0) is 19.8 Å². The average molecular weight is 306 g/mol. The van der Waals surface area contributed by atoms with Crippen molar-refractivity contribution in [1.29, 1.82) is 0 Å². The lowest BCUT2D eigenvalue weighted by Crippen LogP contribution is -2.40. The zero-order valence-corrected chi connectivity index (χ0v) is 13.0. The highest BCUT2D eigenvalue weighted by Gasteiger charge is 2.27. The molecule has 21 heavy (non-hydrogen) atoms. The summed E-state index contributed by atoms with van der Waals surface area (Å²) >= 11 is 1.58. The normalized spacial score (nSPS) is 19.0. The molecule has 0 saturated carbocycles. The molecule has 1 aliphatic heterocycles. The van der Waals surface area contributed by atoms with Crippen LogP contribution >= 0.6 is 11.3 Å². The second-order valence-corrected chi connectivity index (χ2v) is 6.45. The van der Waals surface area contributed by atoms with Gasteiger partial charge in [-0.15, -0.1) is 11.3 Å². The first-order chi connectivity index (χ1) is 10.1. The zero-order chi connectivity index (χ0) is 14.8. The maximum atomic E-state index is 12.4. The Morgan fingerprint density at radius 1 is 1.48 bits per heavy atom. The molecule has 0 bridgehead atoms. The first kappa shape index (κ1) is 14.2. The van der Waals surface area contributed by atoms with Crippen LogP contribution in [0.5, 0.6) is 0 Å². The Kier molecular flexibility index (Phi) is 4.01. The highest BCUT2D eigenvalue weighted by Crippen LogP contribution is 2.25. The first-order valence-corrected chi connectivity index (χ1v) is 7.99. The highest BCUT2D eigenvalue weighted by atomic mass is 32.1. The summed E-state index contributed by atoms with van der Waals surface area (Å²) in [4.78, 5) is 22.9. The lowest BCUT2D eigenvalue weighted by molar-refractivity contribution is -0.131. The lowest BCUT2D eigenvalue weighted by atomic mass is 9.97. The van der Waals surface area contributed by atoms with E-state index in [0.717, 1.165) is 35.9 Å². The number of carbonyl (C=O) groups excluding carboxylic acids is 1. The Bertz CT molecular complexity index is 636. The molecule has 1 aliphatic rings. The van der Waals surface area contributed by atoms with Crippen molar-refractivity contribution in [3.8, 4) is 0 Å². The van der Waals surface area contributed by atoms with E-state index < -0.39 is 0 Å². The van der Waals surface area contributed by atoms with Crippen molar-refractivity contribution < 1.29 is 9.32 Å². The maximum Gasteiger partial charge on any atom is 0.228 e. The maximum absolute atomic E-state index is 12.4. The molecule has 3 heterocycles. The van der Waals surface area contributed by atoms with Crippen molar-refractivity contribution in [2.24, 2.45) is 0 Å². The van der Waals surface area contributed by atoms with E-state index >= 15 is 0 Å². The number of nitrogens with zero attached hydrogens (tertiary/aromatic N) is 4. The minimum Gasteiger partial charge on any atom is -0.342 e. The summed E-state index contributed by atoms with van der Waals surface area (Å²) < 4.78 is 5.04. The fourth-order valence-corrected chi connectivity index (χ4v) is 3.26. The van der Waals surface area contributed by atoms with Crippen molar-refractivity contribution in [3.05, 3.63) is 27.8 Å². The number of thiazole rings is 1. The summed E-state index contributed by atoms with van der Waals surface area (Å²) in [6, 6.07) is 0. The topological polar surface area (TPSA) is 72.1 Å². The highest BCUT2D eigenvalue weighted by molar-refractivity contribution is 7.09. The number of aryl methyl sites for hydroxylation is 2. The smallest absolute Gasteiger partial charge is 0.228 e. The van der Waals surface area contributed by atoms with Crippen LogP contribution in [0.15, 0.2) is 9.90 Å². The summed E-state index contributed by atoms with van der Waals surface area (Å²) in [5.74, 6) is 1.60. The van der Waals surface area contributed by atoms with Crippen molar-refractivity contribution >= 4 is 17.2 Å². The van der Waals surface area contributed by atoms with Gasteiger partial charge in [0.05, 0.1) is 17.1 Å².